The second-order valence-electron chi connectivity index (χ2n) is 6.67. The van der Waals surface area contributed by atoms with Gasteiger partial charge in [0.15, 0.2) is 5.76 Å². The first-order valence-electron chi connectivity index (χ1n) is 9.32. The Kier molecular flexibility index (Phi) is 5.45. The minimum absolute atomic E-state index is 0.0394. The second kappa shape index (κ2) is 8.52. The minimum atomic E-state index is -0.495. The van der Waals surface area contributed by atoms with E-state index in [1.54, 1.807) is 42.5 Å². The highest BCUT2D eigenvalue weighted by molar-refractivity contribution is 6.05. The lowest BCUT2D eigenvalue weighted by Crippen LogP contribution is -1.90. The van der Waals surface area contributed by atoms with Crippen LogP contribution >= 0.6 is 0 Å². The van der Waals surface area contributed by atoms with Crippen molar-refractivity contribution in [3.63, 3.8) is 0 Å². The second-order valence-corrected chi connectivity index (χ2v) is 6.67. The van der Waals surface area contributed by atoms with Crippen LogP contribution < -0.4 is 0 Å². The fraction of sp³-hybridized carbons (Fsp3) is 0. The summed E-state index contributed by atoms with van der Waals surface area (Å²) >= 11 is 0. The molecule has 0 aliphatic heterocycles. The highest BCUT2D eigenvalue weighted by atomic mass is 16.6. The molecular formula is C23H14N2O7. The van der Waals surface area contributed by atoms with Gasteiger partial charge in [0, 0.05) is 35.4 Å². The summed E-state index contributed by atoms with van der Waals surface area (Å²) in [4.78, 5) is 33.1. The molecule has 4 rings (SSSR count). The lowest BCUT2D eigenvalue weighted by atomic mass is 10.1. The van der Waals surface area contributed by atoms with Crippen molar-refractivity contribution in [1.82, 2.24) is 0 Å². The van der Waals surface area contributed by atoms with Crippen LogP contribution in [-0.4, -0.2) is 15.6 Å². The van der Waals surface area contributed by atoms with E-state index in [0.717, 1.165) is 0 Å². The molecule has 0 amide bonds. The van der Waals surface area contributed by atoms with Crippen molar-refractivity contribution in [1.29, 1.82) is 0 Å². The third-order valence-corrected chi connectivity index (χ3v) is 4.58. The zero-order valence-corrected chi connectivity index (χ0v) is 16.3. The van der Waals surface area contributed by atoms with Crippen LogP contribution in [0.4, 0.5) is 11.4 Å². The van der Waals surface area contributed by atoms with Crippen molar-refractivity contribution in [2.75, 3.05) is 0 Å². The molecule has 0 bridgehead atoms. The summed E-state index contributed by atoms with van der Waals surface area (Å²) in [5.74, 6) is 0.926. The molecule has 9 heteroatoms. The molecule has 0 saturated carbocycles. The molecule has 2 aromatic heterocycles. The molecule has 0 aliphatic rings. The number of non-ortho nitro benzene ring substituents is 2. The first-order valence-corrected chi connectivity index (χ1v) is 9.32. The molecule has 0 atom stereocenters. The number of benzene rings is 2. The smallest absolute Gasteiger partial charge is 0.270 e. The fourth-order valence-corrected chi connectivity index (χ4v) is 2.98. The summed E-state index contributed by atoms with van der Waals surface area (Å²) in [6.07, 6.45) is 2.76. The molecule has 4 aromatic rings. The van der Waals surface area contributed by atoms with Crippen molar-refractivity contribution in [2.24, 2.45) is 0 Å². The number of nitro groups is 2. The largest absolute Gasteiger partial charge is 0.457 e. The normalized spacial score (nSPS) is 11.0. The third-order valence-electron chi connectivity index (χ3n) is 4.58. The molecule has 0 unspecified atom stereocenters. The van der Waals surface area contributed by atoms with Gasteiger partial charge in [0.2, 0.25) is 5.78 Å². The Morgan fingerprint density at radius 1 is 0.750 bits per heavy atom. The van der Waals surface area contributed by atoms with E-state index in [4.69, 9.17) is 8.83 Å². The van der Waals surface area contributed by atoms with Gasteiger partial charge in [0.25, 0.3) is 11.4 Å². The summed E-state index contributed by atoms with van der Waals surface area (Å²) in [6.45, 7) is 0. The number of ketones is 1. The van der Waals surface area contributed by atoms with Crippen molar-refractivity contribution < 1.29 is 23.5 Å². The Bertz CT molecular complexity index is 1350. The molecule has 0 fully saturated rings. The Morgan fingerprint density at radius 2 is 1.44 bits per heavy atom. The van der Waals surface area contributed by atoms with E-state index in [0.29, 0.717) is 28.4 Å². The van der Waals surface area contributed by atoms with Gasteiger partial charge in [-0.2, -0.15) is 0 Å². The number of nitrogens with zero attached hydrogens (tertiary/aromatic N) is 2. The summed E-state index contributed by atoms with van der Waals surface area (Å²) in [7, 11) is 0. The van der Waals surface area contributed by atoms with E-state index < -0.39 is 15.6 Å². The molecular weight excluding hydrogens is 416 g/mol. The van der Waals surface area contributed by atoms with Gasteiger partial charge in [-0.05, 0) is 48.6 Å². The van der Waals surface area contributed by atoms with Crippen LogP contribution in [0.1, 0.15) is 16.3 Å². The topological polar surface area (TPSA) is 130 Å². The van der Waals surface area contributed by atoms with E-state index in [1.807, 2.05) is 0 Å². The van der Waals surface area contributed by atoms with Crippen LogP contribution in [0.15, 0.2) is 87.7 Å². The Labute approximate surface area is 180 Å². The van der Waals surface area contributed by atoms with Crippen LogP contribution in [0.5, 0.6) is 0 Å². The highest BCUT2D eigenvalue weighted by Gasteiger charge is 2.13. The van der Waals surface area contributed by atoms with E-state index >= 15 is 0 Å². The lowest BCUT2D eigenvalue weighted by Gasteiger charge is -1.97. The Hall–Kier alpha value is -4.79. The summed E-state index contributed by atoms with van der Waals surface area (Å²) < 4.78 is 11.2. The number of nitro benzene ring substituents is 2. The highest BCUT2D eigenvalue weighted by Crippen LogP contribution is 2.27. The number of hydrogen-bond acceptors (Lipinski definition) is 7. The van der Waals surface area contributed by atoms with E-state index in [2.05, 4.69) is 0 Å². The van der Waals surface area contributed by atoms with E-state index in [9.17, 15) is 25.0 Å². The Morgan fingerprint density at radius 3 is 2.16 bits per heavy atom. The maximum atomic E-state index is 12.4. The average Bonchev–Trinajstić information content (AvgIpc) is 3.48. The van der Waals surface area contributed by atoms with Crippen molar-refractivity contribution in [3.05, 3.63) is 111 Å². The van der Waals surface area contributed by atoms with Gasteiger partial charge in [-0.25, -0.2) is 0 Å². The van der Waals surface area contributed by atoms with Gasteiger partial charge < -0.3 is 8.83 Å². The molecule has 0 N–H and O–H groups in total. The Balaban J connectivity index is 1.47. The first kappa shape index (κ1) is 20.5. The maximum absolute atomic E-state index is 12.4. The van der Waals surface area contributed by atoms with Crippen LogP contribution in [0.2, 0.25) is 0 Å². The van der Waals surface area contributed by atoms with Gasteiger partial charge in [-0.3, -0.25) is 25.0 Å². The number of hydrogen-bond donors (Lipinski definition) is 0. The number of carbonyl (C=O) groups excluding carboxylic acids is 1. The van der Waals surface area contributed by atoms with Gasteiger partial charge in [0.1, 0.15) is 17.3 Å². The zero-order valence-electron chi connectivity index (χ0n) is 16.3. The van der Waals surface area contributed by atoms with Gasteiger partial charge in [0.05, 0.1) is 9.85 Å². The molecule has 0 saturated heterocycles. The first-order chi connectivity index (χ1) is 15.4. The summed E-state index contributed by atoms with van der Waals surface area (Å²) in [6, 6.07) is 18.3. The molecule has 32 heavy (non-hydrogen) atoms. The number of rotatable bonds is 7. The van der Waals surface area contributed by atoms with E-state index in [1.165, 1.54) is 42.5 Å². The van der Waals surface area contributed by atoms with Gasteiger partial charge in [-0.1, -0.05) is 12.1 Å². The predicted molar refractivity (Wildman–Crippen MR) is 115 cm³/mol. The summed E-state index contributed by atoms with van der Waals surface area (Å²) in [5, 5.41) is 21.7. The minimum Gasteiger partial charge on any atom is -0.457 e. The van der Waals surface area contributed by atoms with E-state index in [-0.39, 0.29) is 17.1 Å². The number of carbonyl (C=O) groups is 1. The molecule has 0 spiro atoms. The monoisotopic (exact) mass is 430 g/mol. The zero-order chi connectivity index (χ0) is 22.7. The van der Waals surface area contributed by atoms with Crippen molar-refractivity contribution >= 4 is 23.2 Å². The molecule has 0 radical (unpaired) electrons. The van der Waals surface area contributed by atoms with Crippen LogP contribution in [0, 0.1) is 20.2 Å². The van der Waals surface area contributed by atoms with Crippen LogP contribution in [0.25, 0.3) is 28.7 Å². The molecule has 158 valence electrons. The lowest BCUT2D eigenvalue weighted by molar-refractivity contribution is -0.385. The standard InChI is InChI=1S/C23H14N2O7/c26-20(23-13-12-21(32-23)15-4-6-17(7-5-15)24(27)28)10-8-19-9-11-22(31-19)16-2-1-3-18(14-16)25(29)30/h1-14H. The van der Waals surface area contributed by atoms with Gasteiger partial charge in [-0.15, -0.1) is 0 Å². The number of allylic oxidation sites excluding steroid dienone is 1. The molecule has 0 aliphatic carbocycles. The van der Waals surface area contributed by atoms with Crippen molar-refractivity contribution in [3.8, 4) is 22.6 Å². The molecule has 2 aromatic carbocycles. The predicted octanol–water partition coefficient (Wildman–Crippen LogP) is 5.92. The fourth-order valence-electron chi connectivity index (χ4n) is 2.98. The molecule has 9 nitrogen and oxygen atoms in total. The van der Waals surface area contributed by atoms with Crippen LogP contribution in [0.3, 0.4) is 0 Å². The molecule has 2 heterocycles. The quantitative estimate of drug-likeness (QED) is 0.154. The van der Waals surface area contributed by atoms with Gasteiger partial charge >= 0.3 is 0 Å². The average molecular weight is 430 g/mol. The third kappa shape index (κ3) is 4.36. The van der Waals surface area contributed by atoms with Crippen LogP contribution in [-0.2, 0) is 0 Å². The van der Waals surface area contributed by atoms with Crippen molar-refractivity contribution in [2.45, 2.75) is 0 Å². The maximum Gasteiger partial charge on any atom is 0.270 e. The summed E-state index contributed by atoms with van der Waals surface area (Å²) in [5.41, 5.74) is 1.06. The SMILES string of the molecule is O=C(C=Cc1ccc(-c2cccc([N+](=O)[O-])c2)o1)c1ccc(-c2ccc([N+](=O)[O-])cc2)o1. The number of furan rings is 2.